The van der Waals surface area contributed by atoms with Gasteiger partial charge < -0.3 is 15.4 Å². The van der Waals surface area contributed by atoms with Gasteiger partial charge in [-0.2, -0.15) is 0 Å². The third-order valence-electron chi connectivity index (χ3n) is 6.21. The minimum Gasteiger partial charge on any atom is -0.379 e. The summed E-state index contributed by atoms with van der Waals surface area (Å²) in [5.74, 6) is 5.24. The van der Waals surface area contributed by atoms with Crippen LogP contribution in [0.4, 0.5) is 0 Å². The predicted octanol–water partition coefficient (Wildman–Crippen LogP) is 1.13. The second-order valence-electron chi connectivity index (χ2n) is 8.59. The van der Waals surface area contributed by atoms with E-state index in [1.807, 2.05) is 12.1 Å². The molecule has 178 valence electrons. The average molecular weight is 463 g/mol. The lowest BCUT2D eigenvalue weighted by atomic mass is 9.97. The first-order valence-corrected chi connectivity index (χ1v) is 11.6. The fraction of sp³-hybridized carbons (Fsp3) is 0.385. The third-order valence-corrected chi connectivity index (χ3v) is 6.21. The van der Waals surface area contributed by atoms with Crippen LogP contribution in [0.15, 0.2) is 48.5 Å². The number of carbonyl (C=O) groups excluding carboxylic acids is 2. The van der Waals surface area contributed by atoms with E-state index in [9.17, 15) is 9.59 Å². The largest absolute Gasteiger partial charge is 0.379 e. The monoisotopic (exact) mass is 462 g/mol. The molecular formula is C26H30N4O4. The Morgan fingerprint density at radius 2 is 1.71 bits per heavy atom. The van der Waals surface area contributed by atoms with Crippen LogP contribution in [0.3, 0.4) is 0 Å². The van der Waals surface area contributed by atoms with Crippen LogP contribution in [0.2, 0.25) is 0 Å². The summed E-state index contributed by atoms with van der Waals surface area (Å²) in [7, 11) is 0. The van der Waals surface area contributed by atoms with Crippen molar-refractivity contribution in [2.45, 2.75) is 19.0 Å². The number of benzene rings is 2. The zero-order chi connectivity index (χ0) is 23.8. The van der Waals surface area contributed by atoms with Crippen molar-refractivity contribution in [3.05, 3.63) is 70.8 Å². The summed E-state index contributed by atoms with van der Waals surface area (Å²) >= 11 is 0. The molecule has 2 aliphatic heterocycles. The second kappa shape index (κ2) is 11.8. The van der Waals surface area contributed by atoms with E-state index >= 15 is 0 Å². The zero-order valence-electron chi connectivity index (χ0n) is 19.0. The third kappa shape index (κ3) is 6.43. The van der Waals surface area contributed by atoms with Crippen molar-refractivity contribution in [1.82, 2.24) is 21.0 Å². The van der Waals surface area contributed by atoms with Crippen LogP contribution >= 0.6 is 0 Å². The van der Waals surface area contributed by atoms with Crippen LogP contribution in [0.5, 0.6) is 0 Å². The molecule has 0 radical (unpaired) electrons. The SMILES string of the molecule is O=C(NC(C(=O)NO)C1CCNC1)c1ccc(C#Cc2ccc(CN3CCOCC3)cc2)cc1. The number of hydroxylamine groups is 1. The van der Waals surface area contributed by atoms with Gasteiger partial charge in [0.2, 0.25) is 0 Å². The Hall–Kier alpha value is -3.22. The lowest BCUT2D eigenvalue weighted by molar-refractivity contribution is -0.132. The number of nitrogens with one attached hydrogen (secondary N) is 3. The van der Waals surface area contributed by atoms with Crippen LogP contribution in [-0.4, -0.2) is 67.4 Å². The zero-order valence-corrected chi connectivity index (χ0v) is 19.0. The van der Waals surface area contributed by atoms with Crippen LogP contribution in [0.1, 0.15) is 33.5 Å². The molecule has 2 unspecified atom stereocenters. The van der Waals surface area contributed by atoms with E-state index in [0.29, 0.717) is 12.1 Å². The molecule has 4 N–H and O–H groups in total. The van der Waals surface area contributed by atoms with E-state index in [2.05, 4.69) is 39.5 Å². The van der Waals surface area contributed by atoms with E-state index in [0.717, 1.165) is 56.9 Å². The molecule has 34 heavy (non-hydrogen) atoms. The summed E-state index contributed by atoms with van der Waals surface area (Å²) in [6.07, 6.45) is 0.751. The first-order chi connectivity index (χ1) is 16.6. The molecule has 0 bridgehead atoms. The lowest BCUT2D eigenvalue weighted by Crippen LogP contribution is -2.50. The van der Waals surface area contributed by atoms with Gasteiger partial charge >= 0.3 is 0 Å². The van der Waals surface area contributed by atoms with Crippen LogP contribution < -0.4 is 16.1 Å². The van der Waals surface area contributed by atoms with Crippen molar-refractivity contribution in [2.24, 2.45) is 5.92 Å². The highest BCUT2D eigenvalue weighted by Crippen LogP contribution is 2.14. The fourth-order valence-corrected chi connectivity index (χ4v) is 4.21. The first-order valence-electron chi connectivity index (χ1n) is 11.6. The molecule has 8 heteroatoms. The van der Waals surface area contributed by atoms with Crippen molar-refractivity contribution in [1.29, 1.82) is 0 Å². The normalized spacial score (nSPS) is 19.0. The van der Waals surface area contributed by atoms with Gasteiger partial charge in [-0.05, 0) is 54.9 Å². The van der Waals surface area contributed by atoms with Gasteiger partial charge in [-0.1, -0.05) is 24.0 Å². The molecule has 0 aromatic heterocycles. The maximum absolute atomic E-state index is 12.7. The molecule has 8 nitrogen and oxygen atoms in total. The number of hydrogen-bond donors (Lipinski definition) is 4. The van der Waals surface area contributed by atoms with E-state index in [-0.39, 0.29) is 11.8 Å². The van der Waals surface area contributed by atoms with Gasteiger partial charge in [0.15, 0.2) is 0 Å². The number of ether oxygens (including phenoxy) is 1. The van der Waals surface area contributed by atoms with Crippen LogP contribution in [0, 0.1) is 17.8 Å². The molecule has 4 rings (SSSR count). The molecule has 2 heterocycles. The Kier molecular flexibility index (Phi) is 8.28. The van der Waals surface area contributed by atoms with Gasteiger partial charge in [0.25, 0.3) is 11.8 Å². The maximum atomic E-state index is 12.7. The topological polar surface area (TPSA) is 103 Å². The first kappa shape index (κ1) is 23.9. The Labute approximate surface area is 199 Å². The molecule has 2 amide bonds. The van der Waals surface area contributed by atoms with Crippen molar-refractivity contribution >= 4 is 11.8 Å². The van der Waals surface area contributed by atoms with E-state index in [4.69, 9.17) is 9.94 Å². The van der Waals surface area contributed by atoms with Crippen LogP contribution in [0.25, 0.3) is 0 Å². The van der Waals surface area contributed by atoms with Crippen molar-refractivity contribution < 1.29 is 19.5 Å². The molecule has 2 fully saturated rings. The minimum absolute atomic E-state index is 0.0681. The molecule has 2 atom stereocenters. The highest BCUT2D eigenvalue weighted by molar-refractivity contribution is 5.97. The minimum atomic E-state index is -0.793. The Bertz CT molecular complexity index is 1030. The Morgan fingerprint density at radius 3 is 2.29 bits per heavy atom. The summed E-state index contributed by atoms with van der Waals surface area (Å²) in [5, 5.41) is 14.9. The smallest absolute Gasteiger partial charge is 0.266 e. The Morgan fingerprint density at radius 1 is 1.06 bits per heavy atom. The van der Waals surface area contributed by atoms with Gasteiger partial charge in [0.05, 0.1) is 13.2 Å². The van der Waals surface area contributed by atoms with E-state index < -0.39 is 11.9 Å². The molecule has 2 aromatic carbocycles. The maximum Gasteiger partial charge on any atom is 0.266 e. The number of nitrogens with zero attached hydrogens (tertiary/aromatic N) is 1. The standard InChI is InChI=1S/C26H30N4O4/c31-25(28-24(26(32)29-33)23-11-12-27-17-23)22-9-7-20(8-10-22)2-1-19-3-5-21(6-4-19)18-30-13-15-34-16-14-30/h3-10,23-24,27,33H,11-18H2,(H,28,31)(H,29,32). The van der Waals surface area contributed by atoms with E-state index in [1.165, 1.54) is 5.56 Å². The molecular weight excluding hydrogens is 432 g/mol. The summed E-state index contributed by atoms with van der Waals surface area (Å²) in [6, 6.07) is 14.4. The van der Waals surface area contributed by atoms with Gasteiger partial charge in [-0.15, -0.1) is 0 Å². The van der Waals surface area contributed by atoms with Gasteiger partial charge in [-0.3, -0.25) is 19.7 Å². The van der Waals surface area contributed by atoms with Crippen LogP contribution in [-0.2, 0) is 16.1 Å². The lowest BCUT2D eigenvalue weighted by Gasteiger charge is -2.26. The number of hydrogen-bond acceptors (Lipinski definition) is 6. The van der Waals surface area contributed by atoms with Crippen molar-refractivity contribution in [2.75, 3.05) is 39.4 Å². The van der Waals surface area contributed by atoms with Gasteiger partial charge in [-0.25, -0.2) is 5.48 Å². The summed E-state index contributed by atoms with van der Waals surface area (Å²) in [4.78, 5) is 27.1. The predicted molar refractivity (Wildman–Crippen MR) is 127 cm³/mol. The Balaban J connectivity index is 1.34. The molecule has 2 saturated heterocycles. The summed E-state index contributed by atoms with van der Waals surface area (Å²) in [5.41, 5.74) is 5.06. The fourth-order valence-electron chi connectivity index (χ4n) is 4.21. The highest BCUT2D eigenvalue weighted by Gasteiger charge is 2.32. The molecule has 2 aliphatic rings. The second-order valence-corrected chi connectivity index (χ2v) is 8.59. The average Bonchev–Trinajstić information content (AvgIpc) is 3.42. The van der Waals surface area contributed by atoms with Gasteiger partial charge in [0, 0.05) is 48.8 Å². The highest BCUT2D eigenvalue weighted by atomic mass is 16.5. The molecule has 0 aliphatic carbocycles. The molecule has 0 spiro atoms. The van der Waals surface area contributed by atoms with Gasteiger partial charge in [0.1, 0.15) is 6.04 Å². The number of amides is 2. The summed E-state index contributed by atoms with van der Waals surface area (Å²) < 4.78 is 5.39. The number of carbonyl (C=O) groups is 2. The number of rotatable bonds is 6. The summed E-state index contributed by atoms with van der Waals surface area (Å²) in [6.45, 7) is 5.81. The van der Waals surface area contributed by atoms with E-state index in [1.54, 1.807) is 29.7 Å². The molecule has 2 aromatic rings. The van der Waals surface area contributed by atoms with Crippen molar-refractivity contribution in [3.8, 4) is 11.8 Å². The van der Waals surface area contributed by atoms with Crippen molar-refractivity contribution in [3.63, 3.8) is 0 Å². The quantitative estimate of drug-likeness (QED) is 0.292. The number of morpholine rings is 1. The molecule has 0 saturated carbocycles.